The smallest absolute Gasteiger partial charge is 0.327 e. The van der Waals surface area contributed by atoms with Gasteiger partial charge in [0.2, 0.25) is 0 Å². The summed E-state index contributed by atoms with van der Waals surface area (Å²) < 4.78 is 7.03. The summed E-state index contributed by atoms with van der Waals surface area (Å²) in [6.45, 7) is 2.49. The van der Waals surface area contributed by atoms with E-state index in [4.69, 9.17) is 10.5 Å². The molecule has 0 radical (unpaired) electrons. The lowest BCUT2D eigenvalue weighted by atomic mass is 9.94. The lowest BCUT2D eigenvalue weighted by Crippen LogP contribution is -2.54. The zero-order valence-electron chi connectivity index (χ0n) is 12.5. The van der Waals surface area contributed by atoms with Gasteiger partial charge in [-0.15, -0.1) is 0 Å². The number of hydrogen-bond acceptors (Lipinski definition) is 4. The van der Waals surface area contributed by atoms with E-state index >= 15 is 0 Å². The molecule has 2 aromatic rings. The largest absolute Gasteiger partial charge is 0.468 e. The fourth-order valence-electron chi connectivity index (χ4n) is 2.98. The number of esters is 1. The third-order valence-corrected chi connectivity index (χ3v) is 4.34. The van der Waals surface area contributed by atoms with Crippen LogP contribution in [0.15, 0.2) is 24.3 Å². The van der Waals surface area contributed by atoms with Crippen molar-refractivity contribution in [1.82, 2.24) is 9.55 Å². The van der Waals surface area contributed by atoms with Gasteiger partial charge in [-0.1, -0.05) is 19.1 Å². The molecule has 2 N–H and O–H groups in total. The summed E-state index contributed by atoms with van der Waals surface area (Å²) in [5.41, 5.74) is 7.45. The van der Waals surface area contributed by atoms with Crippen LogP contribution >= 0.6 is 0 Å². The number of methoxy groups -OCH3 is 1. The Morgan fingerprint density at radius 1 is 1.48 bits per heavy atom. The maximum absolute atomic E-state index is 12.2. The second kappa shape index (κ2) is 5.15. The van der Waals surface area contributed by atoms with E-state index in [1.54, 1.807) is 0 Å². The SMILES string of the molecule is CCc1nc2ccccc2n1CC(N)(C(=O)OC)C1CC1. The molecular formula is C16H21N3O2. The maximum atomic E-state index is 12.2. The number of nitrogens with zero attached hydrogens (tertiary/aromatic N) is 2. The maximum Gasteiger partial charge on any atom is 0.327 e. The van der Waals surface area contributed by atoms with E-state index < -0.39 is 5.54 Å². The summed E-state index contributed by atoms with van der Waals surface area (Å²) in [5, 5.41) is 0. The summed E-state index contributed by atoms with van der Waals surface area (Å²) in [5.74, 6) is 0.830. The second-order valence-corrected chi connectivity index (χ2v) is 5.76. The first-order valence-electron chi connectivity index (χ1n) is 7.41. The Labute approximate surface area is 124 Å². The van der Waals surface area contributed by atoms with E-state index in [0.29, 0.717) is 6.54 Å². The Balaban J connectivity index is 2.05. The van der Waals surface area contributed by atoms with Crippen molar-refractivity contribution in [3.05, 3.63) is 30.1 Å². The number of nitrogens with two attached hydrogens (primary N) is 1. The minimum absolute atomic E-state index is 0.204. The molecule has 0 spiro atoms. The molecule has 0 bridgehead atoms. The van der Waals surface area contributed by atoms with Gasteiger partial charge in [-0.3, -0.25) is 0 Å². The predicted molar refractivity (Wildman–Crippen MR) is 80.8 cm³/mol. The van der Waals surface area contributed by atoms with E-state index in [9.17, 15) is 4.79 Å². The Morgan fingerprint density at radius 2 is 2.19 bits per heavy atom. The van der Waals surface area contributed by atoms with Gasteiger partial charge >= 0.3 is 5.97 Å². The molecule has 0 saturated heterocycles. The highest BCUT2D eigenvalue weighted by Crippen LogP contribution is 2.40. The summed E-state index contributed by atoms with van der Waals surface area (Å²) in [6.07, 6.45) is 2.77. The van der Waals surface area contributed by atoms with Crippen LogP contribution in [0.2, 0.25) is 0 Å². The zero-order chi connectivity index (χ0) is 15.0. The topological polar surface area (TPSA) is 70.1 Å². The van der Waals surface area contributed by atoms with Gasteiger partial charge in [-0.25, -0.2) is 9.78 Å². The van der Waals surface area contributed by atoms with Gasteiger partial charge in [-0.05, 0) is 30.9 Å². The van der Waals surface area contributed by atoms with Crippen LogP contribution in [0.1, 0.15) is 25.6 Å². The van der Waals surface area contributed by atoms with E-state index in [1.165, 1.54) is 7.11 Å². The molecule has 0 aliphatic heterocycles. The number of carbonyl (C=O) groups excluding carboxylic acids is 1. The summed E-state index contributed by atoms with van der Waals surface area (Å²) in [4.78, 5) is 16.8. The number of fused-ring (bicyclic) bond motifs is 1. The number of hydrogen-bond donors (Lipinski definition) is 1. The van der Waals surface area contributed by atoms with Gasteiger partial charge < -0.3 is 15.0 Å². The summed E-state index contributed by atoms with van der Waals surface area (Å²) >= 11 is 0. The van der Waals surface area contributed by atoms with Crippen LogP contribution in [0.5, 0.6) is 0 Å². The monoisotopic (exact) mass is 287 g/mol. The van der Waals surface area contributed by atoms with Crippen LogP contribution in [0, 0.1) is 5.92 Å². The molecule has 5 nitrogen and oxygen atoms in total. The number of aryl methyl sites for hydroxylation is 1. The molecule has 1 aromatic carbocycles. The van der Waals surface area contributed by atoms with Crippen molar-refractivity contribution in [2.24, 2.45) is 11.7 Å². The molecule has 1 aliphatic carbocycles. The first kappa shape index (κ1) is 14.1. The first-order valence-corrected chi connectivity index (χ1v) is 7.41. The van der Waals surface area contributed by atoms with Crippen LogP contribution in [0.3, 0.4) is 0 Å². The second-order valence-electron chi connectivity index (χ2n) is 5.76. The highest BCUT2D eigenvalue weighted by molar-refractivity contribution is 5.82. The van der Waals surface area contributed by atoms with E-state index in [0.717, 1.165) is 36.1 Å². The molecule has 1 fully saturated rings. The number of ether oxygens (including phenoxy) is 1. The van der Waals surface area contributed by atoms with Gasteiger partial charge in [-0.2, -0.15) is 0 Å². The van der Waals surface area contributed by atoms with Crippen molar-refractivity contribution in [2.45, 2.75) is 38.3 Å². The number of benzene rings is 1. The van der Waals surface area contributed by atoms with Gasteiger partial charge in [0.05, 0.1) is 24.7 Å². The molecule has 1 heterocycles. The van der Waals surface area contributed by atoms with Crippen LogP contribution in [-0.4, -0.2) is 28.2 Å². The standard InChI is InChI=1S/C16H21N3O2/c1-3-14-18-12-6-4-5-7-13(12)19(14)10-16(17,11-8-9-11)15(20)21-2/h4-7,11H,3,8-10,17H2,1-2H3. The molecule has 1 aromatic heterocycles. The van der Waals surface area contributed by atoms with Gasteiger partial charge in [0.15, 0.2) is 0 Å². The molecule has 112 valence electrons. The van der Waals surface area contributed by atoms with Crippen molar-refractivity contribution < 1.29 is 9.53 Å². The van der Waals surface area contributed by atoms with Crippen LogP contribution in [0.25, 0.3) is 11.0 Å². The molecule has 1 aliphatic rings. The first-order chi connectivity index (χ1) is 10.1. The average Bonchev–Trinajstić information content (AvgIpc) is 3.31. The highest BCUT2D eigenvalue weighted by atomic mass is 16.5. The van der Waals surface area contributed by atoms with Crippen LogP contribution in [0.4, 0.5) is 0 Å². The fraction of sp³-hybridized carbons (Fsp3) is 0.500. The molecule has 0 amide bonds. The third-order valence-electron chi connectivity index (χ3n) is 4.34. The van der Waals surface area contributed by atoms with Crippen LogP contribution < -0.4 is 5.73 Å². The molecule has 1 saturated carbocycles. The Bertz CT molecular complexity index is 675. The predicted octanol–water partition coefficient (Wildman–Crippen LogP) is 1.88. The van der Waals surface area contributed by atoms with Crippen LogP contribution in [-0.2, 0) is 22.5 Å². The van der Waals surface area contributed by atoms with E-state index in [-0.39, 0.29) is 11.9 Å². The van der Waals surface area contributed by atoms with Crippen molar-refractivity contribution >= 4 is 17.0 Å². The average molecular weight is 287 g/mol. The highest BCUT2D eigenvalue weighted by Gasteiger charge is 2.49. The molecule has 1 atom stereocenters. The van der Waals surface area contributed by atoms with Gasteiger partial charge in [0.1, 0.15) is 11.4 Å². The van der Waals surface area contributed by atoms with Crippen molar-refractivity contribution in [1.29, 1.82) is 0 Å². The van der Waals surface area contributed by atoms with Gasteiger partial charge in [0, 0.05) is 6.42 Å². The molecule has 21 heavy (non-hydrogen) atoms. The molecular weight excluding hydrogens is 266 g/mol. The number of rotatable bonds is 5. The molecule has 5 heteroatoms. The Morgan fingerprint density at radius 3 is 2.81 bits per heavy atom. The van der Waals surface area contributed by atoms with E-state index in [1.807, 2.05) is 24.3 Å². The fourth-order valence-corrected chi connectivity index (χ4v) is 2.98. The minimum Gasteiger partial charge on any atom is -0.468 e. The quantitative estimate of drug-likeness (QED) is 0.852. The number of imidazole rings is 1. The number of carbonyl (C=O) groups is 1. The zero-order valence-corrected chi connectivity index (χ0v) is 12.5. The summed E-state index contributed by atoms with van der Waals surface area (Å²) in [7, 11) is 1.40. The molecule has 3 rings (SSSR count). The summed E-state index contributed by atoms with van der Waals surface area (Å²) in [6, 6.07) is 7.95. The van der Waals surface area contributed by atoms with Crippen molar-refractivity contribution in [3.8, 4) is 0 Å². The van der Waals surface area contributed by atoms with Crippen molar-refractivity contribution in [3.63, 3.8) is 0 Å². The van der Waals surface area contributed by atoms with Crippen molar-refractivity contribution in [2.75, 3.05) is 7.11 Å². The lowest BCUT2D eigenvalue weighted by Gasteiger charge is -2.28. The Kier molecular flexibility index (Phi) is 3.45. The number of para-hydroxylation sites is 2. The molecule has 1 unspecified atom stereocenters. The normalized spacial score (nSPS) is 17.7. The van der Waals surface area contributed by atoms with E-state index in [2.05, 4.69) is 16.5 Å². The van der Waals surface area contributed by atoms with Gasteiger partial charge in [0.25, 0.3) is 0 Å². The minimum atomic E-state index is -0.956. The lowest BCUT2D eigenvalue weighted by molar-refractivity contribution is -0.148. The number of aromatic nitrogens is 2. The Hall–Kier alpha value is -1.88. The third kappa shape index (κ3) is 2.31.